The fraction of sp³-hybridized carbons (Fsp3) is 0.737. The van der Waals surface area contributed by atoms with E-state index in [-0.39, 0.29) is 24.0 Å². The van der Waals surface area contributed by atoms with E-state index >= 15 is 0 Å². The molecule has 1 atom stereocenters. The van der Waals surface area contributed by atoms with Crippen LogP contribution in [0.15, 0.2) is 22.5 Å². The summed E-state index contributed by atoms with van der Waals surface area (Å²) >= 11 is 1.80. The van der Waals surface area contributed by atoms with E-state index in [9.17, 15) is 0 Å². The Hall–Kier alpha value is -0.420. The van der Waals surface area contributed by atoms with Gasteiger partial charge in [0.2, 0.25) is 0 Å². The van der Waals surface area contributed by atoms with Gasteiger partial charge in [0.1, 0.15) is 0 Å². The Balaban J connectivity index is 0.00000364. The number of thiophene rings is 1. The summed E-state index contributed by atoms with van der Waals surface area (Å²) in [6.07, 6.45) is 3.43. The molecule has 6 nitrogen and oxygen atoms in total. The summed E-state index contributed by atoms with van der Waals surface area (Å²) in [4.78, 5) is 10.5. The van der Waals surface area contributed by atoms with E-state index in [1.54, 1.807) is 18.4 Å². The Kier molecular flexibility index (Phi) is 12.5. The lowest BCUT2D eigenvalue weighted by atomic mass is 10.1. The molecule has 0 spiro atoms. The van der Waals surface area contributed by atoms with E-state index in [1.807, 2.05) is 7.05 Å². The van der Waals surface area contributed by atoms with Crippen LogP contribution < -0.4 is 5.32 Å². The SMILES string of the molecule is CN=C(NCC(c1cccs1)N(C)C)N1CCC(OCCCOC)CC1.I. The Bertz CT molecular complexity index is 520. The molecule has 1 aromatic rings. The Labute approximate surface area is 185 Å². The molecule has 156 valence electrons. The van der Waals surface area contributed by atoms with Gasteiger partial charge in [0.15, 0.2) is 5.96 Å². The molecule has 2 heterocycles. The summed E-state index contributed by atoms with van der Waals surface area (Å²) in [6.45, 7) is 4.39. The highest BCUT2D eigenvalue weighted by Crippen LogP contribution is 2.22. The lowest BCUT2D eigenvalue weighted by Crippen LogP contribution is -2.48. The number of nitrogens with one attached hydrogen (secondary N) is 1. The molecule has 0 amide bonds. The third-order valence-corrected chi connectivity index (χ3v) is 5.72. The second-order valence-corrected chi connectivity index (χ2v) is 7.81. The van der Waals surface area contributed by atoms with Crippen molar-refractivity contribution in [2.75, 3.05) is 61.1 Å². The van der Waals surface area contributed by atoms with Crippen LogP contribution in [-0.4, -0.2) is 83.0 Å². The first-order valence-corrected chi connectivity index (χ1v) is 10.3. The van der Waals surface area contributed by atoms with Crippen LogP contribution in [0, 0.1) is 0 Å². The molecule has 27 heavy (non-hydrogen) atoms. The van der Waals surface area contributed by atoms with Crippen LogP contribution in [0.3, 0.4) is 0 Å². The van der Waals surface area contributed by atoms with Crippen molar-refractivity contribution in [1.29, 1.82) is 0 Å². The number of hydrogen-bond donors (Lipinski definition) is 1. The van der Waals surface area contributed by atoms with Crippen molar-refractivity contribution >= 4 is 41.3 Å². The first kappa shape index (κ1) is 24.6. The van der Waals surface area contributed by atoms with Crippen molar-refractivity contribution < 1.29 is 9.47 Å². The summed E-state index contributed by atoms with van der Waals surface area (Å²) < 4.78 is 11.0. The largest absolute Gasteiger partial charge is 0.385 e. The maximum Gasteiger partial charge on any atom is 0.193 e. The van der Waals surface area contributed by atoms with Gasteiger partial charge in [-0.15, -0.1) is 35.3 Å². The van der Waals surface area contributed by atoms with E-state index in [1.165, 1.54) is 4.88 Å². The van der Waals surface area contributed by atoms with E-state index in [4.69, 9.17) is 9.47 Å². The number of rotatable bonds is 9. The summed E-state index contributed by atoms with van der Waals surface area (Å²) in [6, 6.07) is 4.67. The summed E-state index contributed by atoms with van der Waals surface area (Å²) in [5, 5.41) is 5.70. The number of halogens is 1. The van der Waals surface area contributed by atoms with Gasteiger partial charge in [-0.25, -0.2) is 0 Å². The quantitative estimate of drug-likeness (QED) is 0.240. The molecule has 1 fully saturated rings. The lowest BCUT2D eigenvalue weighted by Gasteiger charge is -2.35. The van der Waals surface area contributed by atoms with Crippen LogP contribution in [0.25, 0.3) is 0 Å². The first-order valence-electron chi connectivity index (χ1n) is 9.41. The zero-order valence-electron chi connectivity index (χ0n) is 17.0. The van der Waals surface area contributed by atoms with E-state index in [0.29, 0.717) is 12.1 Å². The van der Waals surface area contributed by atoms with Crippen molar-refractivity contribution in [2.45, 2.75) is 31.4 Å². The molecule has 1 aliphatic rings. The smallest absolute Gasteiger partial charge is 0.193 e. The Morgan fingerprint density at radius 1 is 1.37 bits per heavy atom. The van der Waals surface area contributed by atoms with Crippen molar-refractivity contribution in [3.63, 3.8) is 0 Å². The highest BCUT2D eigenvalue weighted by atomic mass is 127. The normalized spacial score (nSPS) is 17.1. The Morgan fingerprint density at radius 2 is 2.11 bits per heavy atom. The third-order valence-electron chi connectivity index (χ3n) is 4.75. The molecular formula is C19H35IN4O2S. The predicted octanol–water partition coefficient (Wildman–Crippen LogP) is 3.06. The zero-order chi connectivity index (χ0) is 18.8. The zero-order valence-corrected chi connectivity index (χ0v) is 20.2. The number of aliphatic imine (C=N–C) groups is 1. The summed E-state index contributed by atoms with van der Waals surface area (Å²) in [5.74, 6) is 0.992. The molecule has 8 heteroatoms. The van der Waals surface area contributed by atoms with Crippen LogP contribution in [0.1, 0.15) is 30.2 Å². The topological polar surface area (TPSA) is 49.3 Å². The van der Waals surface area contributed by atoms with E-state index in [2.05, 4.69) is 51.7 Å². The van der Waals surface area contributed by atoms with Crippen LogP contribution in [0.5, 0.6) is 0 Å². The lowest BCUT2D eigenvalue weighted by molar-refractivity contribution is 0.00987. The van der Waals surface area contributed by atoms with Gasteiger partial charge >= 0.3 is 0 Å². The van der Waals surface area contributed by atoms with Gasteiger partial charge in [0.05, 0.1) is 12.1 Å². The fourth-order valence-electron chi connectivity index (χ4n) is 3.23. The van der Waals surface area contributed by atoms with Gasteiger partial charge in [-0.05, 0) is 44.8 Å². The van der Waals surface area contributed by atoms with Gasteiger partial charge in [0, 0.05) is 51.9 Å². The standard InChI is InChI=1S/C19H34N4O2S.HI/c1-20-19(21-15-17(22(2)3)18-7-5-14-26-18)23-10-8-16(9-11-23)25-13-6-12-24-4;/h5,7,14,16-17H,6,8-13,15H2,1-4H3,(H,20,21);1H. The Morgan fingerprint density at radius 3 is 2.67 bits per heavy atom. The molecule has 0 saturated carbocycles. The number of guanidine groups is 1. The number of hydrogen-bond acceptors (Lipinski definition) is 5. The second-order valence-electron chi connectivity index (χ2n) is 6.83. The van der Waals surface area contributed by atoms with Crippen LogP contribution in [0.4, 0.5) is 0 Å². The highest BCUT2D eigenvalue weighted by Gasteiger charge is 2.23. The molecule has 0 bridgehead atoms. The van der Waals surface area contributed by atoms with Gasteiger partial charge in [0.25, 0.3) is 0 Å². The van der Waals surface area contributed by atoms with E-state index < -0.39 is 0 Å². The second kappa shape index (κ2) is 13.7. The van der Waals surface area contributed by atoms with Crippen molar-refractivity contribution in [3.8, 4) is 0 Å². The molecule has 0 radical (unpaired) electrons. The first-order chi connectivity index (χ1) is 12.7. The predicted molar refractivity (Wildman–Crippen MR) is 125 cm³/mol. The third kappa shape index (κ3) is 8.23. The van der Waals surface area contributed by atoms with Crippen LogP contribution in [-0.2, 0) is 9.47 Å². The average molecular weight is 510 g/mol. The van der Waals surface area contributed by atoms with Crippen molar-refractivity contribution in [3.05, 3.63) is 22.4 Å². The minimum absolute atomic E-state index is 0. The van der Waals surface area contributed by atoms with Crippen LogP contribution in [0.2, 0.25) is 0 Å². The molecule has 1 saturated heterocycles. The van der Waals surface area contributed by atoms with Gasteiger partial charge in [-0.2, -0.15) is 0 Å². The molecule has 1 aromatic heterocycles. The summed E-state index contributed by atoms with van der Waals surface area (Å²) in [7, 11) is 7.85. The number of methoxy groups -OCH3 is 1. The average Bonchev–Trinajstić information content (AvgIpc) is 3.17. The minimum atomic E-state index is 0. The van der Waals surface area contributed by atoms with E-state index in [0.717, 1.165) is 58.1 Å². The fourth-order valence-corrected chi connectivity index (χ4v) is 4.15. The number of ether oxygens (including phenoxy) is 2. The number of likely N-dealkylation sites (N-methyl/N-ethyl adjacent to an activating group) is 1. The maximum absolute atomic E-state index is 5.95. The number of piperidine rings is 1. The van der Waals surface area contributed by atoms with Crippen molar-refractivity contribution in [1.82, 2.24) is 15.1 Å². The molecule has 1 N–H and O–H groups in total. The molecule has 1 aliphatic heterocycles. The monoisotopic (exact) mass is 510 g/mol. The maximum atomic E-state index is 5.95. The van der Waals surface area contributed by atoms with Gasteiger partial charge in [-0.1, -0.05) is 6.07 Å². The molecule has 1 unspecified atom stereocenters. The highest BCUT2D eigenvalue weighted by molar-refractivity contribution is 14.0. The van der Waals surface area contributed by atoms with Gasteiger partial charge in [-0.3, -0.25) is 4.99 Å². The molecular weight excluding hydrogens is 475 g/mol. The summed E-state index contributed by atoms with van der Waals surface area (Å²) in [5.41, 5.74) is 0. The molecule has 0 aliphatic carbocycles. The van der Waals surface area contributed by atoms with Gasteiger partial charge < -0.3 is 24.6 Å². The molecule has 2 rings (SSSR count). The number of nitrogens with zero attached hydrogens (tertiary/aromatic N) is 3. The molecule has 0 aromatic carbocycles. The van der Waals surface area contributed by atoms with Crippen molar-refractivity contribution in [2.24, 2.45) is 4.99 Å². The number of likely N-dealkylation sites (tertiary alicyclic amines) is 1. The van der Waals surface area contributed by atoms with Crippen LogP contribution >= 0.6 is 35.3 Å². The minimum Gasteiger partial charge on any atom is -0.385 e.